The smallest absolute Gasteiger partial charge is 0.414 e. The number of nitriles is 1. The Morgan fingerprint density at radius 1 is 1.55 bits per heavy atom. The number of carbonyl (C=O) groups excluding carboxylic acids is 1. The molecule has 1 heterocycles. The van der Waals surface area contributed by atoms with Crippen LogP contribution in [0.5, 0.6) is 0 Å². The molecule has 0 bridgehead atoms. The van der Waals surface area contributed by atoms with E-state index in [0.29, 0.717) is 13.1 Å². The highest BCUT2D eigenvalue weighted by molar-refractivity contribution is 5.90. The molecule has 1 aromatic rings. The summed E-state index contributed by atoms with van der Waals surface area (Å²) in [4.78, 5) is 13.4. The Labute approximate surface area is 117 Å². The van der Waals surface area contributed by atoms with Crippen LogP contribution in [0.15, 0.2) is 18.2 Å². The van der Waals surface area contributed by atoms with Gasteiger partial charge < -0.3 is 10.5 Å². The number of nitrogens with zero attached hydrogens (tertiary/aromatic N) is 2. The Balaban J connectivity index is 1.88. The van der Waals surface area contributed by atoms with Gasteiger partial charge in [0, 0.05) is 12.2 Å². The van der Waals surface area contributed by atoms with Crippen LogP contribution in [0, 0.1) is 18.3 Å². The summed E-state index contributed by atoms with van der Waals surface area (Å²) < 4.78 is 5.16. The SMILES string of the molecule is Cc1cc(N2C[C@H](CN)OC2=O)ccc1C1(C#N)CC1. The van der Waals surface area contributed by atoms with Gasteiger partial charge in [0.15, 0.2) is 0 Å². The van der Waals surface area contributed by atoms with E-state index in [4.69, 9.17) is 10.5 Å². The molecular formula is C15H17N3O2. The monoisotopic (exact) mass is 271 g/mol. The molecule has 3 rings (SSSR count). The van der Waals surface area contributed by atoms with Gasteiger partial charge in [0.05, 0.1) is 18.0 Å². The van der Waals surface area contributed by atoms with Crippen LogP contribution in [0.3, 0.4) is 0 Å². The van der Waals surface area contributed by atoms with E-state index in [0.717, 1.165) is 29.7 Å². The molecule has 1 saturated carbocycles. The number of ether oxygens (including phenoxy) is 1. The molecule has 104 valence electrons. The van der Waals surface area contributed by atoms with E-state index in [1.807, 2.05) is 25.1 Å². The lowest BCUT2D eigenvalue weighted by molar-refractivity contribution is 0.145. The molecule has 1 aliphatic heterocycles. The fourth-order valence-electron chi connectivity index (χ4n) is 2.77. The van der Waals surface area contributed by atoms with Crippen molar-refractivity contribution < 1.29 is 9.53 Å². The number of amides is 1. The second-order valence-corrected chi connectivity index (χ2v) is 5.55. The molecule has 0 radical (unpaired) electrons. The van der Waals surface area contributed by atoms with Gasteiger partial charge in [-0.3, -0.25) is 4.90 Å². The summed E-state index contributed by atoms with van der Waals surface area (Å²) in [7, 11) is 0. The summed E-state index contributed by atoms with van der Waals surface area (Å²) in [5.74, 6) is 0. The highest BCUT2D eigenvalue weighted by atomic mass is 16.6. The number of cyclic esters (lactones) is 1. The highest BCUT2D eigenvalue weighted by Gasteiger charge is 2.45. The van der Waals surface area contributed by atoms with Gasteiger partial charge in [-0.15, -0.1) is 0 Å². The van der Waals surface area contributed by atoms with Gasteiger partial charge in [-0.25, -0.2) is 4.79 Å². The number of hydrogen-bond donors (Lipinski definition) is 1. The van der Waals surface area contributed by atoms with Crippen molar-refractivity contribution in [2.45, 2.75) is 31.3 Å². The first-order valence-electron chi connectivity index (χ1n) is 6.80. The summed E-state index contributed by atoms with van der Waals surface area (Å²) >= 11 is 0. The first-order chi connectivity index (χ1) is 9.59. The molecule has 1 aromatic carbocycles. The molecule has 0 aromatic heterocycles. The molecule has 1 atom stereocenters. The Hall–Kier alpha value is -2.06. The highest BCUT2D eigenvalue weighted by Crippen LogP contribution is 2.49. The minimum atomic E-state index is -0.353. The van der Waals surface area contributed by atoms with Crippen LogP contribution in [0.1, 0.15) is 24.0 Å². The molecule has 20 heavy (non-hydrogen) atoms. The summed E-state index contributed by atoms with van der Waals surface area (Å²) in [5, 5.41) is 9.28. The Morgan fingerprint density at radius 2 is 2.30 bits per heavy atom. The first-order valence-corrected chi connectivity index (χ1v) is 6.80. The average Bonchev–Trinajstić information content (AvgIpc) is 3.15. The predicted molar refractivity (Wildman–Crippen MR) is 74.4 cm³/mol. The minimum absolute atomic E-state index is 0.239. The van der Waals surface area contributed by atoms with E-state index in [2.05, 4.69) is 6.07 Å². The molecule has 5 nitrogen and oxygen atoms in total. The first kappa shape index (κ1) is 12.9. The second kappa shape index (κ2) is 4.50. The molecule has 2 fully saturated rings. The van der Waals surface area contributed by atoms with Crippen LogP contribution in [-0.4, -0.2) is 25.3 Å². The van der Waals surface area contributed by atoms with Gasteiger partial charge in [0.1, 0.15) is 6.10 Å². The lowest BCUT2D eigenvalue weighted by atomic mass is 9.93. The van der Waals surface area contributed by atoms with Gasteiger partial charge >= 0.3 is 6.09 Å². The zero-order valence-corrected chi connectivity index (χ0v) is 11.4. The maximum Gasteiger partial charge on any atom is 0.414 e. The van der Waals surface area contributed by atoms with E-state index in [-0.39, 0.29) is 17.6 Å². The summed E-state index contributed by atoms with van der Waals surface area (Å²) in [6, 6.07) is 8.20. The topological polar surface area (TPSA) is 79.3 Å². The fourth-order valence-corrected chi connectivity index (χ4v) is 2.77. The van der Waals surface area contributed by atoms with Crippen LogP contribution in [-0.2, 0) is 10.2 Å². The van der Waals surface area contributed by atoms with Crippen molar-refractivity contribution in [1.82, 2.24) is 0 Å². The molecule has 2 aliphatic rings. The van der Waals surface area contributed by atoms with Crippen LogP contribution in [0.2, 0.25) is 0 Å². The van der Waals surface area contributed by atoms with Crippen molar-refractivity contribution in [1.29, 1.82) is 5.26 Å². The Bertz CT molecular complexity index is 602. The lowest BCUT2D eigenvalue weighted by Gasteiger charge is -2.17. The Kier molecular flexibility index (Phi) is 2.91. The number of carbonyl (C=O) groups is 1. The van der Waals surface area contributed by atoms with Gasteiger partial charge in [0.2, 0.25) is 0 Å². The van der Waals surface area contributed by atoms with Gasteiger partial charge in [-0.05, 0) is 43.0 Å². The molecule has 0 unspecified atom stereocenters. The molecule has 0 spiro atoms. The normalized spacial score (nSPS) is 23.4. The molecular weight excluding hydrogens is 254 g/mol. The number of benzene rings is 1. The number of anilines is 1. The number of aryl methyl sites for hydroxylation is 1. The van der Waals surface area contributed by atoms with Crippen LogP contribution in [0.25, 0.3) is 0 Å². The summed E-state index contributed by atoms with van der Waals surface area (Å²) in [6.07, 6.45) is 1.25. The zero-order chi connectivity index (χ0) is 14.3. The predicted octanol–water partition coefficient (Wildman–Crippen LogP) is 1.83. The van der Waals surface area contributed by atoms with E-state index < -0.39 is 0 Å². The van der Waals surface area contributed by atoms with Crippen molar-refractivity contribution in [2.24, 2.45) is 5.73 Å². The average molecular weight is 271 g/mol. The van der Waals surface area contributed by atoms with Crippen LogP contribution < -0.4 is 10.6 Å². The van der Waals surface area contributed by atoms with E-state index in [1.54, 1.807) is 4.90 Å². The molecule has 5 heteroatoms. The fraction of sp³-hybridized carbons (Fsp3) is 0.467. The summed E-state index contributed by atoms with van der Waals surface area (Å²) in [6.45, 7) is 2.80. The van der Waals surface area contributed by atoms with Gasteiger partial charge in [0.25, 0.3) is 0 Å². The largest absolute Gasteiger partial charge is 0.443 e. The number of nitrogens with two attached hydrogens (primary N) is 1. The van der Waals surface area contributed by atoms with E-state index in [1.165, 1.54) is 0 Å². The number of hydrogen-bond acceptors (Lipinski definition) is 4. The minimum Gasteiger partial charge on any atom is -0.443 e. The molecule has 1 saturated heterocycles. The maximum atomic E-state index is 11.8. The third-order valence-electron chi connectivity index (χ3n) is 4.14. The van der Waals surface area contributed by atoms with E-state index >= 15 is 0 Å². The van der Waals surface area contributed by atoms with Crippen molar-refractivity contribution in [2.75, 3.05) is 18.0 Å². The van der Waals surface area contributed by atoms with Crippen LogP contribution in [0.4, 0.5) is 10.5 Å². The standard InChI is InChI=1S/C15H17N3O2/c1-10-6-11(18-8-12(7-16)20-14(18)19)2-3-13(10)15(9-17)4-5-15/h2-3,6,12H,4-5,7-8,16H2,1H3/t12-/m0/s1. The second-order valence-electron chi connectivity index (χ2n) is 5.55. The molecule has 1 amide bonds. The number of rotatable bonds is 3. The van der Waals surface area contributed by atoms with Crippen molar-refractivity contribution in [3.8, 4) is 6.07 Å². The van der Waals surface area contributed by atoms with Gasteiger partial charge in [-0.2, -0.15) is 5.26 Å². The van der Waals surface area contributed by atoms with E-state index in [9.17, 15) is 10.1 Å². The quantitative estimate of drug-likeness (QED) is 0.909. The maximum absolute atomic E-state index is 11.8. The third kappa shape index (κ3) is 1.93. The van der Waals surface area contributed by atoms with Crippen molar-refractivity contribution >= 4 is 11.8 Å². The molecule has 2 N–H and O–H groups in total. The van der Waals surface area contributed by atoms with Crippen LogP contribution >= 0.6 is 0 Å². The Morgan fingerprint density at radius 3 is 2.80 bits per heavy atom. The third-order valence-corrected chi connectivity index (χ3v) is 4.14. The van der Waals surface area contributed by atoms with Crippen molar-refractivity contribution in [3.63, 3.8) is 0 Å². The molecule has 1 aliphatic carbocycles. The summed E-state index contributed by atoms with van der Waals surface area (Å²) in [5.41, 5.74) is 8.16. The zero-order valence-electron chi connectivity index (χ0n) is 11.4. The van der Waals surface area contributed by atoms with Gasteiger partial charge in [-0.1, -0.05) is 6.07 Å². The lowest BCUT2D eigenvalue weighted by Crippen LogP contribution is -2.27. The van der Waals surface area contributed by atoms with Crippen molar-refractivity contribution in [3.05, 3.63) is 29.3 Å².